The van der Waals surface area contributed by atoms with Crippen LogP contribution in [0.15, 0.2) is 18.2 Å². The van der Waals surface area contributed by atoms with Gasteiger partial charge in [-0.25, -0.2) is 0 Å². The molecule has 1 aromatic carbocycles. The average molecular weight is 323 g/mol. The smallest absolute Gasteiger partial charge is 0.220 e. The van der Waals surface area contributed by atoms with Crippen LogP contribution in [0.4, 0.5) is 0 Å². The van der Waals surface area contributed by atoms with Crippen LogP contribution >= 0.6 is 11.6 Å². The van der Waals surface area contributed by atoms with Gasteiger partial charge in [-0.05, 0) is 70.3 Å². The predicted molar refractivity (Wildman–Crippen MR) is 92.2 cm³/mol. The molecule has 2 rings (SSSR count). The third-order valence-corrected chi connectivity index (χ3v) is 4.76. The van der Waals surface area contributed by atoms with Gasteiger partial charge in [0, 0.05) is 18.0 Å². The van der Waals surface area contributed by atoms with Crippen LogP contribution < -0.4 is 5.32 Å². The number of hydrogen-bond acceptors (Lipinski definition) is 2. The van der Waals surface area contributed by atoms with Crippen LogP contribution in [0.1, 0.15) is 44.2 Å². The second kappa shape index (κ2) is 7.01. The van der Waals surface area contributed by atoms with Crippen molar-refractivity contribution in [3.8, 4) is 0 Å². The van der Waals surface area contributed by atoms with Crippen molar-refractivity contribution in [1.82, 2.24) is 10.2 Å². The molecule has 3 nitrogen and oxygen atoms in total. The molecule has 122 valence electrons. The molecule has 1 heterocycles. The number of likely N-dealkylation sites (tertiary alicyclic amines) is 1. The van der Waals surface area contributed by atoms with Gasteiger partial charge in [0.05, 0.1) is 5.54 Å². The van der Waals surface area contributed by atoms with E-state index >= 15 is 0 Å². The molecule has 1 amide bonds. The van der Waals surface area contributed by atoms with E-state index in [9.17, 15) is 4.79 Å². The molecule has 0 saturated carbocycles. The van der Waals surface area contributed by atoms with Gasteiger partial charge in [-0.1, -0.05) is 23.7 Å². The number of hydrogen-bond donors (Lipinski definition) is 1. The summed E-state index contributed by atoms with van der Waals surface area (Å²) in [5, 5.41) is 3.86. The Kier molecular flexibility index (Phi) is 5.51. The lowest BCUT2D eigenvalue weighted by atomic mass is 9.91. The first-order valence-electron chi connectivity index (χ1n) is 8.04. The molecular formula is C18H27ClN2O. The van der Waals surface area contributed by atoms with E-state index in [1.165, 1.54) is 6.42 Å². The minimum atomic E-state index is -0.456. The molecule has 4 heteroatoms. The lowest BCUT2D eigenvalue weighted by molar-refractivity contribution is -0.124. The zero-order valence-corrected chi connectivity index (χ0v) is 14.8. The Morgan fingerprint density at radius 1 is 1.45 bits per heavy atom. The summed E-state index contributed by atoms with van der Waals surface area (Å²) in [6.07, 6.45) is 2.92. The van der Waals surface area contributed by atoms with Crippen molar-refractivity contribution in [2.75, 3.05) is 20.1 Å². The molecule has 1 aliphatic heterocycles. The molecule has 1 aliphatic rings. The number of amides is 1. The number of halogens is 1. The molecule has 1 N–H and O–H groups in total. The zero-order valence-electron chi connectivity index (χ0n) is 14.1. The Bertz CT molecular complexity index is 542. The maximum absolute atomic E-state index is 12.4. The first-order valence-corrected chi connectivity index (χ1v) is 8.42. The molecule has 1 atom stereocenters. The fourth-order valence-corrected chi connectivity index (χ4v) is 3.77. The van der Waals surface area contributed by atoms with E-state index in [1.54, 1.807) is 0 Å². The molecule has 0 spiro atoms. The Balaban J connectivity index is 1.99. The first kappa shape index (κ1) is 17.3. The number of aryl methyl sites for hydroxylation is 1. The minimum absolute atomic E-state index is 0.113. The van der Waals surface area contributed by atoms with E-state index < -0.39 is 5.54 Å². The van der Waals surface area contributed by atoms with Crippen molar-refractivity contribution in [3.05, 3.63) is 34.3 Å². The summed E-state index contributed by atoms with van der Waals surface area (Å²) < 4.78 is 0. The van der Waals surface area contributed by atoms with Gasteiger partial charge < -0.3 is 10.2 Å². The molecule has 0 bridgehead atoms. The lowest BCUT2D eigenvalue weighted by Gasteiger charge is -2.32. The molecule has 0 radical (unpaired) electrons. The van der Waals surface area contributed by atoms with Crippen LogP contribution in [0.2, 0.25) is 5.02 Å². The van der Waals surface area contributed by atoms with Crippen LogP contribution in [-0.2, 0) is 10.3 Å². The van der Waals surface area contributed by atoms with E-state index in [0.717, 1.165) is 30.6 Å². The van der Waals surface area contributed by atoms with Gasteiger partial charge in [0.1, 0.15) is 0 Å². The molecule has 22 heavy (non-hydrogen) atoms. The van der Waals surface area contributed by atoms with E-state index in [1.807, 2.05) is 39.0 Å². The molecule has 0 aromatic heterocycles. The number of carbonyl (C=O) groups is 1. The lowest BCUT2D eigenvalue weighted by Crippen LogP contribution is -2.43. The summed E-state index contributed by atoms with van der Waals surface area (Å²) in [7, 11) is 2.13. The summed E-state index contributed by atoms with van der Waals surface area (Å²) in [6, 6.07) is 5.98. The fourth-order valence-electron chi connectivity index (χ4n) is 3.30. The standard InChI is InChI=1S/C18H27ClN2O/c1-13-7-8-15(16(19)10-13)18(2,3)20-17(22)11-14-6-5-9-21(4)12-14/h7-8,10,14H,5-6,9,11-12H2,1-4H3,(H,20,22)/t14-/m0/s1. The highest BCUT2D eigenvalue weighted by atomic mass is 35.5. The maximum atomic E-state index is 12.4. The SMILES string of the molecule is Cc1ccc(C(C)(C)NC(=O)C[C@@H]2CCCN(C)C2)c(Cl)c1. The van der Waals surface area contributed by atoms with Crippen molar-refractivity contribution in [2.45, 2.75) is 45.6 Å². The molecule has 0 aliphatic carbocycles. The normalized spacial score (nSPS) is 20.0. The Labute approximate surface area is 139 Å². The second-order valence-electron chi connectivity index (χ2n) is 7.13. The Hall–Kier alpha value is -1.06. The maximum Gasteiger partial charge on any atom is 0.220 e. The monoisotopic (exact) mass is 322 g/mol. The van der Waals surface area contributed by atoms with Crippen molar-refractivity contribution in [1.29, 1.82) is 0 Å². The first-order chi connectivity index (χ1) is 10.3. The average Bonchev–Trinajstić information content (AvgIpc) is 2.36. The summed E-state index contributed by atoms with van der Waals surface area (Å²) in [6.45, 7) is 8.19. The third-order valence-electron chi connectivity index (χ3n) is 4.45. The van der Waals surface area contributed by atoms with E-state index in [-0.39, 0.29) is 5.91 Å². The van der Waals surface area contributed by atoms with Crippen LogP contribution in [-0.4, -0.2) is 30.9 Å². The Morgan fingerprint density at radius 2 is 2.18 bits per heavy atom. The third kappa shape index (κ3) is 4.47. The fraction of sp³-hybridized carbons (Fsp3) is 0.611. The second-order valence-corrected chi connectivity index (χ2v) is 7.54. The largest absolute Gasteiger partial charge is 0.347 e. The zero-order chi connectivity index (χ0) is 16.3. The summed E-state index contributed by atoms with van der Waals surface area (Å²) in [5.41, 5.74) is 1.64. The number of piperidine rings is 1. The molecule has 0 unspecified atom stereocenters. The molecule has 1 fully saturated rings. The highest BCUT2D eigenvalue weighted by Crippen LogP contribution is 2.29. The number of nitrogens with zero attached hydrogens (tertiary/aromatic N) is 1. The van der Waals surface area contributed by atoms with E-state index in [4.69, 9.17) is 11.6 Å². The van der Waals surface area contributed by atoms with Gasteiger partial charge in [-0.3, -0.25) is 4.79 Å². The van der Waals surface area contributed by atoms with Gasteiger partial charge in [-0.15, -0.1) is 0 Å². The van der Waals surface area contributed by atoms with Crippen molar-refractivity contribution < 1.29 is 4.79 Å². The van der Waals surface area contributed by atoms with Crippen LogP contribution in [0.3, 0.4) is 0 Å². The van der Waals surface area contributed by atoms with Crippen molar-refractivity contribution >= 4 is 17.5 Å². The summed E-state index contributed by atoms with van der Waals surface area (Å²) in [5.74, 6) is 0.574. The highest BCUT2D eigenvalue weighted by molar-refractivity contribution is 6.31. The number of rotatable bonds is 4. The van der Waals surface area contributed by atoms with Crippen LogP contribution in [0, 0.1) is 12.8 Å². The van der Waals surface area contributed by atoms with Gasteiger partial charge >= 0.3 is 0 Å². The number of benzene rings is 1. The molecule has 1 aromatic rings. The summed E-state index contributed by atoms with van der Waals surface area (Å²) >= 11 is 6.35. The summed E-state index contributed by atoms with van der Waals surface area (Å²) in [4.78, 5) is 14.7. The predicted octanol–water partition coefficient (Wildman–Crippen LogP) is 3.73. The van der Waals surface area contributed by atoms with Gasteiger partial charge in [0.25, 0.3) is 0 Å². The Morgan fingerprint density at radius 3 is 2.82 bits per heavy atom. The topological polar surface area (TPSA) is 32.3 Å². The minimum Gasteiger partial charge on any atom is -0.347 e. The van der Waals surface area contributed by atoms with Gasteiger partial charge in [-0.2, -0.15) is 0 Å². The van der Waals surface area contributed by atoms with Crippen LogP contribution in [0.5, 0.6) is 0 Å². The van der Waals surface area contributed by atoms with Crippen LogP contribution in [0.25, 0.3) is 0 Å². The van der Waals surface area contributed by atoms with Gasteiger partial charge in [0.15, 0.2) is 0 Å². The number of nitrogens with one attached hydrogen (secondary N) is 1. The highest BCUT2D eigenvalue weighted by Gasteiger charge is 2.27. The van der Waals surface area contributed by atoms with Gasteiger partial charge in [0.2, 0.25) is 5.91 Å². The molecule has 1 saturated heterocycles. The van der Waals surface area contributed by atoms with E-state index in [0.29, 0.717) is 17.4 Å². The van der Waals surface area contributed by atoms with E-state index in [2.05, 4.69) is 17.3 Å². The number of carbonyl (C=O) groups excluding carboxylic acids is 1. The van der Waals surface area contributed by atoms with Crippen molar-refractivity contribution in [3.63, 3.8) is 0 Å². The molecular weight excluding hydrogens is 296 g/mol. The van der Waals surface area contributed by atoms with Crippen molar-refractivity contribution in [2.24, 2.45) is 5.92 Å². The quantitative estimate of drug-likeness (QED) is 0.916.